The zero-order chi connectivity index (χ0) is 19.1. The van der Waals surface area contributed by atoms with Gasteiger partial charge in [0, 0.05) is 28.9 Å². The standard InChI is InChI=1S/C21H17N3O2S2/c25-18(23-8-7-14-4-1-2-5-15(14)10-23)11-24-13-22-20-19(21(24)26)16(12-28-20)17-6-3-9-27-17/h1-6,9,12-13H,7-8,10-11H2. The number of carbonyl (C=O) groups excluding carboxylic acids is 1. The van der Waals surface area contributed by atoms with Crippen LogP contribution in [0.25, 0.3) is 20.7 Å². The van der Waals surface area contributed by atoms with Crippen LogP contribution >= 0.6 is 22.7 Å². The number of nitrogens with zero attached hydrogens (tertiary/aromatic N) is 3. The Morgan fingerprint density at radius 3 is 2.79 bits per heavy atom. The van der Waals surface area contributed by atoms with Gasteiger partial charge in [0.1, 0.15) is 11.4 Å². The first-order valence-corrected chi connectivity index (χ1v) is 10.8. The Balaban J connectivity index is 1.44. The van der Waals surface area contributed by atoms with E-state index in [-0.39, 0.29) is 18.0 Å². The van der Waals surface area contributed by atoms with Crippen molar-refractivity contribution in [2.45, 2.75) is 19.5 Å². The van der Waals surface area contributed by atoms with Crippen LogP contribution in [0.5, 0.6) is 0 Å². The fourth-order valence-electron chi connectivity index (χ4n) is 3.65. The molecular weight excluding hydrogens is 390 g/mol. The Morgan fingerprint density at radius 2 is 1.96 bits per heavy atom. The van der Waals surface area contributed by atoms with Crippen LogP contribution in [0, 0.1) is 0 Å². The third-order valence-electron chi connectivity index (χ3n) is 5.14. The molecule has 3 aromatic heterocycles. The molecule has 0 saturated heterocycles. The lowest BCUT2D eigenvalue weighted by Gasteiger charge is -2.29. The summed E-state index contributed by atoms with van der Waals surface area (Å²) < 4.78 is 1.44. The number of aromatic nitrogens is 2. The lowest BCUT2D eigenvalue weighted by atomic mass is 10.00. The smallest absolute Gasteiger partial charge is 0.263 e. The van der Waals surface area contributed by atoms with Gasteiger partial charge in [-0.15, -0.1) is 22.7 Å². The van der Waals surface area contributed by atoms with Crippen LogP contribution < -0.4 is 5.56 Å². The lowest BCUT2D eigenvalue weighted by Crippen LogP contribution is -2.39. The third kappa shape index (κ3) is 2.96. The first kappa shape index (κ1) is 17.3. The number of fused-ring (bicyclic) bond motifs is 2. The summed E-state index contributed by atoms with van der Waals surface area (Å²) in [5.74, 6) is -0.0503. The minimum atomic E-state index is -0.152. The molecule has 7 heteroatoms. The molecule has 0 spiro atoms. The largest absolute Gasteiger partial charge is 0.336 e. The van der Waals surface area contributed by atoms with Gasteiger partial charge in [0.2, 0.25) is 5.91 Å². The predicted molar refractivity (Wildman–Crippen MR) is 113 cm³/mol. The number of amides is 1. The number of carbonyl (C=O) groups is 1. The predicted octanol–water partition coefficient (Wildman–Crippen LogP) is 3.77. The third-order valence-corrected chi connectivity index (χ3v) is 6.93. The van der Waals surface area contributed by atoms with Crippen molar-refractivity contribution in [2.75, 3.05) is 6.54 Å². The average molecular weight is 408 g/mol. The first-order chi connectivity index (χ1) is 13.7. The highest BCUT2D eigenvalue weighted by atomic mass is 32.1. The summed E-state index contributed by atoms with van der Waals surface area (Å²) in [5, 5.41) is 4.57. The van der Waals surface area contributed by atoms with Crippen LogP contribution in [0.4, 0.5) is 0 Å². The molecule has 0 atom stereocenters. The molecule has 5 nitrogen and oxygen atoms in total. The van der Waals surface area contributed by atoms with E-state index in [1.165, 1.54) is 33.4 Å². The average Bonchev–Trinajstić information content (AvgIpc) is 3.39. The van der Waals surface area contributed by atoms with Crippen LogP contribution in [0.2, 0.25) is 0 Å². The molecule has 0 radical (unpaired) electrons. The van der Waals surface area contributed by atoms with Crippen molar-refractivity contribution in [1.29, 1.82) is 0 Å². The number of hydrogen-bond donors (Lipinski definition) is 0. The van der Waals surface area contributed by atoms with Gasteiger partial charge in [0.25, 0.3) is 5.56 Å². The van der Waals surface area contributed by atoms with E-state index in [1.54, 1.807) is 11.3 Å². The molecule has 0 saturated carbocycles. The Kier molecular flexibility index (Phi) is 4.33. The maximum absolute atomic E-state index is 13.1. The van der Waals surface area contributed by atoms with Crippen molar-refractivity contribution in [2.24, 2.45) is 0 Å². The van der Waals surface area contributed by atoms with Gasteiger partial charge in [-0.05, 0) is 29.0 Å². The van der Waals surface area contributed by atoms with Crippen LogP contribution in [0.3, 0.4) is 0 Å². The highest BCUT2D eigenvalue weighted by molar-refractivity contribution is 7.18. The van der Waals surface area contributed by atoms with E-state index in [1.807, 2.05) is 39.9 Å². The van der Waals surface area contributed by atoms with Crippen molar-refractivity contribution in [1.82, 2.24) is 14.5 Å². The van der Waals surface area contributed by atoms with Gasteiger partial charge in [-0.3, -0.25) is 14.2 Å². The van der Waals surface area contributed by atoms with Crippen LogP contribution in [-0.4, -0.2) is 26.9 Å². The minimum absolute atomic E-state index is 0.0175. The van der Waals surface area contributed by atoms with Gasteiger partial charge in [-0.1, -0.05) is 30.3 Å². The maximum atomic E-state index is 13.1. The number of hydrogen-bond acceptors (Lipinski definition) is 5. The van der Waals surface area contributed by atoms with Crippen molar-refractivity contribution in [3.63, 3.8) is 0 Å². The lowest BCUT2D eigenvalue weighted by molar-refractivity contribution is -0.132. The normalized spacial score (nSPS) is 13.6. The monoisotopic (exact) mass is 407 g/mol. The maximum Gasteiger partial charge on any atom is 0.263 e. The van der Waals surface area contributed by atoms with Crippen molar-refractivity contribution < 1.29 is 4.79 Å². The van der Waals surface area contributed by atoms with Crippen LogP contribution in [0.15, 0.2) is 58.3 Å². The van der Waals surface area contributed by atoms with Crippen LogP contribution in [-0.2, 0) is 24.3 Å². The van der Waals surface area contributed by atoms with E-state index in [4.69, 9.17) is 0 Å². The summed E-state index contributed by atoms with van der Waals surface area (Å²) in [6.45, 7) is 1.29. The minimum Gasteiger partial charge on any atom is -0.336 e. The zero-order valence-corrected chi connectivity index (χ0v) is 16.6. The first-order valence-electron chi connectivity index (χ1n) is 9.06. The molecule has 1 aliphatic heterocycles. The Bertz CT molecular complexity index is 1220. The molecular formula is C21H17N3O2S2. The topological polar surface area (TPSA) is 55.2 Å². The van der Waals surface area contributed by atoms with Gasteiger partial charge >= 0.3 is 0 Å². The Labute approximate surface area is 169 Å². The summed E-state index contributed by atoms with van der Waals surface area (Å²) in [5.41, 5.74) is 3.23. The molecule has 5 rings (SSSR count). The van der Waals surface area contributed by atoms with Crippen molar-refractivity contribution >= 4 is 38.8 Å². The van der Waals surface area contributed by atoms with E-state index in [0.29, 0.717) is 23.3 Å². The molecule has 0 bridgehead atoms. The zero-order valence-electron chi connectivity index (χ0n) is 15.0. The fraction of sp³-hybridized carbons (Fsp3) is 0.190. The Morgan fingerprint density at radius 1 is 1.11 bits per heavy atom. The second-order valence-corrected chi connectivity index (χ2v) is 8.62. The van der Waals surface area contributed by atoms with Gasteiger partial charge < -0.3 is 4.90 Å². The molecule has 0 unspecified atom stereocenters. The van der Waals surface area contributed by atoms with Crippen molar-refractivity contribution in [3.8, 4) is 10.4 Å². The summed E-state index contributed by atoms with van der Waals surface area (Å²) in [7, 11) is 0. The van der Waals surface area contributed by atoms with E-state index in [9.17, 15) is 9.59 Å². The molecule has 0 aliphatic carbocycles. The Hall–Kier alpha value is -2.77. The molecule has 4 heterocycles. The quantitative estimate of drug-likeness (QED) is 0.519. The molecule has 4 aromatic rings. The molecule has 1 aliphatic rings. The summed E-state index contributed by atoms with van der Waals surface area (Å²) in [4.78, 5) is 33.9. The van der Waals surface area contributed by atoms with E-state index < -0.39 is 0 Å². The van der Waals surface area contributed by atoms with Crippen molar-refractivity contribution in [3.05, 3.63) is 75.0 Å². The molecule has 1 aromatic carbocycles. The summed E-state index contributed by atoms with van der Waals surface area (Å²) in [6, 6.07) is 12.2. The van der Waals surface area contributed by atoms with Crippen LogP contribution in [0.1, 0.15) is 11.1 Å². The van der Waals surface area contributed by atoms with E-state index in [0.717, 1.165) is 16.9 Å². The molecule has 28 heavy (non-hydrogen) atoms. The SMILES string of the molecule is O=C(Cn1cnc2scc(-c3cccs3)c2c1=O)N1CCc2ccccc2C1. The van der Waals surface area contributed by atoms with Gasteiger partial charge in [0.05, 0.1) is 11.7 Å². The molecule has 1 amide bonds. The summed E-state index contributed by atoms with van der Waals surface area (Å²) in [6.07, 6.45) is 2.34. The highest BCUT2D eigenvalue weighted by Gasteiger charge is 2.22. The van der Waals surface area contributed by atoms with E-state index >= 15 is 0 Å². The molecule has 0 N–H and O–H groups in total. The number of benzene rings is 1. The van der Waals surface area contributed by atoms with Gasteiger partial charge in [0.15, 0.2) is 0 Å². The fourth-order valence-corrected chi connectivity index (χ4v) is 5.37. The van der Waals surface area contributed by atoms with Gasteiger partial charge in [-0.25, -0.2) is 4.98 Å². The number of thiophene rings is 2. The van der Waals surface area contributed by atoms with Gasteiger partial charge in [-0.2, -0.15) is 0 Å². The molecule has 140 valence electrons. The molecule has 0 fully saturated rings. The highest BCUT2D eigenvalue weighted by Crippen LogP contribution is 2.33. The second-order valence-electron chi connectivity index (χ2n) is 6.82. The number of rotatable bonds is 3. The van der Waals surface area contributed by atoms with E-state index in [2.05, 4.69) is 17.1 Å². The summed E-state index contributed by atoms with van der Waals surface area (Å²) >= 11 is 3.06. The second kappa shape index (κ2) is 7.00.